The second kappa shape index (κ2) is 15.3. The van der Waals surface area contributed by atoms with Crippen molar-refractivity contribution in [3.63, 3.8) is 0 Å². The van der Waals surface area contributed by atoms with Gasteiger partial charge in [-0.1, -0.05) is 6.92 Å². The van der Waals surface area contributed by atoms with Gasteiger partial charge in [0.25, 0.3) is 0 Å². The Balaban J connectivity index is 1.29. The lowest BCUT2D eigenvalue weighted by molar-refractivity contribution is -0.124. The standard InChI is InChI=1S/C34H45N5O6/c1-4-32-38-29(21-44-32)26-15-16-35-31(19-26)39(33(41)25-9-11-27(12-10-25)45-34(42)36-17-18-40)20-23-5-7-24(8-6-23)28-13-14-30(43-3)22(2)37-28/h13-16,19,21,23-25,27,40H,4-12,17-18,20H2,1-3H3,(H,36,42). The Morgan fingerprint density at radius 2 is 1.84 bits per heavy atom. The van der Waals surface area contributed by atoms with E-state index in [0.29, 0.717) is 62.2 Å². The molecule has 3 aromatic heterocycles. The highest BCUT2D eigenvalue weighted by Crippen LogP contribution is 2.38. The number of ether oxygens (including phenoxy) is 2. The van der Waals surface area contributed by atoms with Crippen molar-refractivity contribution in [2.75, 3.05) is 31.7 Å². The Labute approximate surface area is 264 Å². The minimum Gasteiger partial charge on any atom is -0.495 e. The minimum absolute atomic E-state index is 0.0619. The van der Waals surface area contributed by atoms with Crippen LogP contribution in [0.5, 0.6) is 5.75 Å². The molecule has 2 aliphatic rings. The van der Waals surface area contributed by atoms with Gasteiger partial charge in [-0.2, -0.15) is 0 Å². The van der Waals surface area contributed by atoms with Gasteiger partial charge in [0.1, 0.15) is 29.6 Å². The third-order valence-corrected chi connectivity index (χ3v) is 9.10. The maximum absolute atomic E-state index is 14.2. The molecule has 3 aromatic rings. The molecule has 2 saturated carbocycles. The Hall–Kier alpha value is -3.99. The van der Waals surface area contributed by atoms with E-state index in [4.69, 9.17) is 24.0 Å². The zero-order chi connectivity index (χ0) is 31.8. The van der Waals surface area contributed by atoms with E-state index in [9.17, 15) is 9.59 Å². The van der Waals surface area contributed by atoms with Crippen LogP contribution in [0.3, 0.4) is 0 Å². The van der Waals surface area contributed by atoms with Gasteiger partial charge < -0.3 is 24.3 Å². The van der Waals surface area contributed by atoms with E-state index in [1.54, 1.807) is 19.6 Å². The zero-order valence-electron chi connectivity index (χ0n) is 26.5. The molecule has 242 valence electrons. The summed E-state index contributed by atoms with van der Waals surface area (Å²) in [5.74, 6) is 2.70. The summed E-state index contributed by atoms with van der Waals surface area (Å²) >= 11 is 0. The molecule has 2 N–H and O–H groups in total. The third-order valence-electron chi connectivity index (χ3n) is 9.10. The summed E-state index contributed by atoms with van der Waals surface area (Å²) in [5, 5.41) is 11.5. The summed E-state index contributed by atoms with van der Waals surface area (Å²) in [6.07, 6.45) is 9.81. The van der Waals surface area contributed by atoms with Crippen molar-refractivity contribution >= 4 is 17.8 Å². The highest BCUT2D eigenvalue weighted by Gasteiger charge is 2.34. The van der Waals surface area contributed by atoms with E-state index < -0.39 is 6.09 Å². The highest BCUT2D eigenvalue weighted by molar-refractivity contribution is 5.94. The van der Waals surface area contributed by atoms with Crippen LogP contribution in [-0.4, -0.2) is 65.0 Å². The fraction of sp³-hybridized carbons (Fsp3) is 0.559. The van der Waals surface area contributed by atoms with E-state index in [2.05, 4.69) is 21.4 Å². The Morgan fingerprint density at radius 1 is 1.07 bits per heavy atom. The number of carbonyl (C=O) groups excluding carboxylic acids is 2. The van der Waals surface area contributed by atoms with Crippen LogP contribution in [0.2, 0.25) is 0 Å². The van der Waals surface area contributed by atoms with Gasteiger partial charge in [-0.05, 0) is 88.5 Å². The predicted octanol–water partition coefficient (Wildman–Crippen LogP) is 5.60. The van der Waals surface area contributed by atoms with Crippen LogP contribution >= 0.6 is 0 Å². The van der Waals surface area contributed by atoms with Crippen LogP contribution in [0, 0.1) is 18.8 Å². The molecule has 0 bridgehead atoms. The minimum atomic E-state index is -0.531. The largest absolute Gasteiger partial charge is 0.495 e. The number of hydrogen-bond donors (Lipinski definition) is 2. The van der Waals surface area contributed by atoms with Crippen molar-refractivity contribution in [3.8, 4) is 17.0 Å². The van der Waals surface area contributed by atoms with Crippen molar-refractivity contribution in [2.45, 2.75) is 83.7 Å². The van der Waals surface area contributed by atoms with Gasteiger partial charge in [0.05, 0.1) is 19.4 Å². The molecule has 0 atom stereocenters. The number of nitrogens with zero attached hydrogens (tertiary/aromatic N) is 4. The fourth-order valence-electron chi connectivity index (χ4n) is 6.54. The lowest BCUT2D eigenvalue weighted by atomic mass is 9.79. The number of hydrogen-bond acceptors (Lipinski definition) is 9. The summed E-state index contributed by atoms with van der Waals surface area (Å²) in [5.41, 5.74) is 3.60. The number of alkyl carbamates (subject to hydrolysis) is 1. The highest BCUT2D eigenvalue weighted by atomic mass is 16.6. The van der Waals surface area contributed by atoms with Crippen LogP contribution in [0.25, 0.3) is 11.3 Å². The molecule has 2 fully saturated rings. The van der Waals surface area contributed by atoms with Gasteiger partial charge >= 0.3 is 6.09 Å². The first-order valence-electron chi connectivity index (χ1n) is 16.2. The first-order chi connectivity index (χ1) is 21.9. The number of pyridine rings is 2. The van der Waals surface area contributed by atoms with Crippen molar-refractivity contribution in [3.05, 3.63) is 54.0 Å². The smallest absolute Gasteiger partial charge is 0.407 e. The van der Waals surface area contributed by atoms with Crippen molar-refractivity contribution in [2.24, 2.45) is 11.8 Å². The Bertz CT molecular complexity index is 1430. The van der Waals surface area contributed by atoms with Gasteiger partial charge in [-0.15, -0.1) is 0 Å². The predicted molar refractivity (Wildman–Crippen MR) is 169 cm³/mol. The van der Waals surface area contributed by atoms with Gasteiger partial charge in [0.2, 0.25) is 5.91 Å². The number of amides is 2. The molecule has 2 aliphatic carbocycles. The number of aryl methyl sites for hydroxylation is 2. The topological polar surface area (TPSA) is 140 Å². The van der Waals surface area contributed by atoms with Crippen molar-refractivity contribution in [1.82, 2.24) is 20.3 Å². The summed E-state index contributed by atoms with van der Waals surface area (Å²) < 4.78 is 16.5. The number of rotatable bonds is 11. The maximum Gasteiger partial charge on any atom is 0.407 e. The number of anilines is 1. The third kappa shape index (κ3) is 8.19. The molecule has 0 radical (unpaired) electrons. The second-order valence-electron chi connectivity index (χ2n) is 12.1. The fourth-order valence-corrected chi connectivity index (χ4v) is 6.54. The molecule has 0 saturated heterocycles. The van der Waals surface area contributed by atoms with Crippen molar-refractivity contribution < 1.29 is 28.6 Å². The van der Waals surface area contributed by atoms with E-state index >= 15 is 0 Å². The quantitative estimate of drug-likeness (QED) is 0.281. The van der Waals surface area contributed by atoms with Gasteiger partial charge in [0.15, 0.2) is 5.89 Å². The molecule has 45 heavy (non-hydrogen) atoms. The number of methoxy groups -OCH3 is 1. The van der Waals surface area contributed by atoms with Crippen LogP contribution in [0.15, 0.2) is 41.1 Å². The van der Waals surface area contributed by atoms with Crippen LogP contribution in [-0.2, 0) is 16.0 Å². The van der Waals surface area contributed by atoms with Crippen LogP contribution in [0.1, 0.15) is 81.5 Å². The summed E-state index contributed by atoms with van der Waals surface area (Å²) in [6, 6.07) is 7.91. The molecule has 0 aliphatic heterocycles. The number of oxazole rings is 1. The average molecular weight is 620 g/mol. The Kier molecular flexibility index (Phi) is 11.0. The second-order valence-corrected chi connectivity index (χ2v) is 12.1. The molecule has 3 heterocycles. The molecular weight excluding hydrogens is 574 g/mol. The van der Waals surface area contributed by atoms with E-state index in [1.807, 2.05) is 36.9 Å². The Morgan fingerprint density at radius 3 is 2.51 bits per heavy atom. The molecular formula is C34H45N5O6. The molecule has 5 rings (SSSR count). The van der Waals surface area contributed by atoms with Crippen molar-refractivity contribution in [1.29, 1.82) is 0 Å². The molecule has 0 aromatic carbocycles. The first kappa shape index (κ1) is 32.4. The van der Waals surface area contributed by atoms with Gasteiger partial charge in [-0.25, -0.2) is 14.8 Å². The number of aliphatic hydroxyl groups excluding tert-OH is 1. The lowest BCUT2D eigenvalue weighted by Gasteiger charge is -2.35. The SMILES string of the molecule is CCc1nc(-c2ccnc(N(CC3CCC(c4ccc(OC)c(C)n4)CC3)C(=O)C3CCC(OC(=O)NCCO)CC3)c2)co1. The summed E-state index contributed by atoms with van der Waals surface area (Å²) in [4.78, 5) is 42.1. The number of nitrogens with one attached hydrogen (secondary N) is 1. The zero-order valence-corrected chi connectivity index (χ0v) is 26.5. The maximum atomic E-state index is 14.2. The van der Waals surface area contributed by atoms with E-state index in [-0.39, 0.29) is 31.1 Å². The molecule has 11 heteroatoms. The van der Waals surface area contributed by atoms with Gasteiger partial charge in [-0.3, -0.25) is 14.7 Å². The normalized spacial score (nSPS) is 21.6. The average Bonchev–Trinajstić information content (AvgIpc) is 3.56. The monoisotopic (exact) mass is 619 g/mol. The summed E-state index contributed by atoms with van der Waals surface area (Å²) in [6.45, 7) is 4.58. The van der Waals surface area contributed by atoms with Crippen LogP contribution in [0.4, 0.5) is 10.6 Å². The number of carbonyl (C=O) groups is 2. The number of aliphatic hydroxyl groups is 1. The first-order valence-corrected chi connectivity index (χ1v) is 16.2. The lowest BCUT2D eigenvalue weighted by Crippen LogP contribution is -2.42. The molecule has 11 nitrogen and oxygen atoms in total. The van der Waals surface area contributed by atoms with E-state index in [0.717, 1.165) is 54.1 Å². The molecule has 2 amide bonds. The van der Waals surface area contributed by atoms with E-state index in [1.165, 1.54) is 0 Å². The van der Waals surface area contributed by atoms with Gasteiger partial charge in [0, 0.05) is 48.8 Å². The molecule has 0 unspecified atom stereocenters. The van der Waals surface area contributed by atoms with Crippen LogP contribution < -0.4 is 15.0 Å². The summed E-state index contributed by atoms with van der Waals surface area (Å²) in [7, 11) is 1.67. The number of aromatic nitrogens is 3. The molecule has 0 spiro atoms.